The monoisotopic (exact) mass is 422 g/mol. The number of rotatable bonds is 4. The van der Waals surface area contributed by atoms with Gasteiger partial charge < -0.3 is 9.80 Å². The van der Waals surface area contributed by atoms with Crippen LogP contribution in [-0.4, -0.2) is 73.5 Å². The summed E-state index contributed by atoms with van der Waals surface area (Å²) < 4.78 is 26.4. The summed E-state index contributed by atoms with van der Waals surface area (Å²) in [7, 11) is -3.34. The van der Waals surface area contributed by atoms with Crippen molar-refractivity contribution in [3.63, 3.8) is 0 Å². The highest BCUT2D eigenvalue weighted by Gasteiger charge is 2.39. The van der Waals surface area contributed by atoms with Gasteiger partial charge in [-0.2, -0.15) is 4.31 Å². The van der Waals surface area contributed by atoms with E-state index in [1.165, 1.54) is 20.8 Å². The molecule has 1 aromatic carbocycles. The molecular weight excluding hydrogens is 396 g/mol. The summed E-state index contributed by atoms with van der Waals surface area (Å²) in [4.78, 5) is 21.7. The van der Waals surface area contributed by atoms with Crippen LogP contribution in [0.2, 0.25) is 0 Å². The van der Waals surface area contributed by atoms with Crippen LogP contribution in [-0.2, 0) is 21.2 Å². The molecule has 4 rings (SSSR count). The van der Waals surface area contributed by atoms with Gasteiger partial charge in [0.1, 0.15) is 6.04 Å². The number of hydrogen-bond acceptors (Lipinski definition) is 6. The van der Waals surface area contributed by atoms with Crippen molar-refractivity contribution in [1.82, 2.24) is 14.2 Å². The number of amides is 1. The Morgan fingerprint density at radius 3 is 2.64 bits per heavy atom. The smallest absolute Gasteiger partial charge is 0.241 e. The zero-order chi connectivity index (χ0) is 19.9. The number of sulfonamides is 1. The number of nitrogens with zero attached hydrogens (tertiary/aromatic N) is 4. The minimum Gasteiger partial charge on any atom is -0.345 e. The van der Waals surface area contributed by atoms with E-state index in [9.17, 15) is 13.2 Å². The molecule has 0 bridgehead atoms. The molecule has 1 atom stereocenters. The summed E-state index contributed by atoms with van der Waals surface area (Å²) in [6, 6.07) is 5.87. The van der Waals surface area contributed by atoms with E-state index in [2.05, 4.69) is 30.0 Å². The molecule has 2 aliphatic heterocycles. The Kier molecular flexibility index (Phi) is 5.32. The van der Waals surface area contributed by atoms with Gasteiger partial charge in [0.15, 0.2) is 5.13 Å². The van der Waals surface area contributed by atoms with Crippen LogP contribution in [0.5, 0.6) is 0 Å². The SMILES string of the molecule is CCc1ccc2nc(N3CCN(C(=O)[C@@H]4CCCN4S(C)(=O)=O)CC3)sc2c1. The van der Waals surface area contributed by atoms with E-state index < -0.39 is 16.1 Å². The molecule has 0 N–H and O–H groups in total. The average Bonchev–Trinajstić information content (AvgIpc) is 3.33. The Hall–Kier alpha value is -1.71. The number of aromatic nitrogens is 1. The second-order valence-corrected chi connectivity index (χ2v) is 10.4. The molecule has 1 aromatic heterocycles. The minimum atomic E-state index is -3.34. The highest BCUT2D eigenvalue weighted by molar-refractivity contribution is 7.88. The minimum absolute atomic E-state index is 0.0561. The van der Waals surface area contributed by atoms with Gasteiger partial charge in [-0.15, -0.1) is 0 Å². The summed E-state index contributed by atoms with van der Waals surface area (Å²) in [6.07, 6.45) is 3.56. The average molecular weight is 423 g/mol. The predicted molar refractivity (Wildman–Crippen MR) is 112 cm³/mol. The van der Waals surface area contributed by atoms with Gasteiger partial charge in [-0.3, -0.25) is 4.79 Å². The van der Waals surface area contributed by atoms with E-state index >= 15 is 0 Å². The normalized spacial score (nSPS) is 21.6. The molecule has 152 valence electrons. The number of carbonyl (C=O) groups excluding carboxylic acids is 1. The number of piperazine rings is 1. The largest absolute Gasteiger partial charge is 0.345 e. The maximum Gasteiger partial charge on any atom is 0.241 e. The molecule has 28 heavy (non-hydrogen) atoms. The van der Waals surface area contributed by atoms with E-state index in [-0.39, 0.29) is 5.91 Å². The van der Waals surface area contributed by atoms with Crippen LogP contribution in [0.1, 0.15) is 25.3 Å². The van der Waals surface area contributed by atoms with Crippen molar-refractivity contribution < 1.29 is 13.2 Å². The quantitative estimate of drug-likeness (QED) is 0.753. The summed E-state index contributed by atoms with van der Waals surface area (Å²) in [5.74, 6) is -0.0561. The lowest BCUT2D eigenvalue weighted by Crippen LogP contribution is -2.54. The van der Waals surface area contributed by atoms with Crippen LogP contribution in [0.3, 0.4) is 0 Å². The second kappa shape index (κ2) is 7.61. The molecule has 2 aromatic rings. The van der Waals surface area contributed by atoms with E-state index in [1.807, 2.05) is 4.90 Å². The van der Waals surface area contributed by atoms with Gasteiger partial charge in [0.25, 0.3) is 0 Å². The van der Waals surface area contributed by atoms with Crippen molar-refractivity contribution >= 4 is 42.6 Å². The van der Waals surface area contributed by atoms with Crippen molar-refractivity contribution in [2.75, 3.05) is 43.9 Å². The summed E-state index contributed by atoms with van der Waals surface area (Å²) in [5.41, 5.74) is 2.33. The molecule has 1 amide bonds. The van der Waals surface area contributed by atoms with Crippen LogP contribution < -0.4 is 4.90 Å². The Bertz CT molecular complexity index is 980. The maximum absolute atomic E-state index is 12.9. The van der Waals surface area contributed by atoms with E-state index in [0.717, 1.165) is 36.6 Å². The van der Waals surface area contributed by atoms with Crippen molar-refractivity contribution in [3.8, 4) is 0 Å². The van der Waals surface area contributed by atoms with E-state index in [4.69, 9.17) is 4.98 Å². The predicted octanol–water partition coefficient (Wildman–Crippen LogP) is 1.93. The number of anilines is 1. The fourth-order valence-corrected chi connectivity index (χ4v) is 6.22. The second-order valence-electron chi connectivity index (χ2n) is 7.50. The Morgan fingerprint density at radius 2 is 1.96 bits per heavy atom. The van der Waals surface area contributed by atoms with Crippen molar-refractivity contribution in [3.05, 3.63) is 23.8 Å². The molecule has 9 heteroatoms. The first-order valence-corrected chi connectivity index (χ1v) is 12.4. The summed E-state index contributed by atoms with van der Waals surface area (Å²) in [5, 5.41) is 0.994. The van der Waals surface area contributed by atoms with Gasteiger partial charge in [0, 0.05) is 32.7 Å². The van der Waals surface area contributed by atoms with Crippen LogP contribution in [0.15, 0.2) is 18.2 Å². The molecule has 2 saturated heterocycles. The fraction of sp³-hybridized carbons (Fsp3) is 0.579. The van der Waals surface area contributed by atoms with Crippen molar-refractivity contribution in [2.45, 2.75) is 32.2 Å². The van der Waals surface area contributed by atoms with Crippen LogP contribution >= 0.6 is 11.3 Å². The van der Waals surface area contributed by atoms with Crippen LogP contribution in [0, 0.1) is 0 Å². The molecule has 2 fully saturated rings. The number of benzene rings is 1. The number of fused-ring (bicyclic) bond motifs is 1. The molecule has 0 unspecified atom stereocenters. The Balaban J connectivity index is 1.42. The molecule has 0 radical (unpaired) electrons. The number of hydrogen-bond donors (Lipinski definition) is 0. The lowest BCUT2D eigenvalue weighted by Gasteiger charge is -2.36. The van der Waals surface area contributed by atoms with Crippen LogP contribution in [0.25, 0.3) is 10.2 Å². The molecule has 2 aliphatic rings. The van der Waals surface area contributed by atoms with E-state index in [1.54, 1.807) is 11.3 Å². The highest BCUT2D eigenvalue weighted by atomic mass is 32.2. The van der Waals surface area contributed by atoms with Gasteiger partial charge in [-0.25, -0.2) is 13.4 Å². The lowest BCUT2D eigenvalue weighted by atomic mass is 10.2. The summed E-state index contributed by atoms with van der Waals surface area (Å²) in [6.45, 7) is 5.23. The molecule has 7 nitrogen and oxygen atoms in total. The highest BCUT2D eigenvalue weighted by Crippen LogP contribution is 2.30. The number of aryl methyl sites for hydroxylation is 1. The zero-order valence-electron chi connectivity index (χ0n) is 16.3. The third-order valence-electron chi connectivity index (χ3n) is 5.63. The van der Waals surface area contributed by atoms with Gasteiger partial charge in [-0.05, 0) is 37.0 Å². The first-order valence-electron chi connectivity index (χ1n) is 9.77. The van der Waals surface area contributed by atoms with Gasteiger partial charge in [-0.1, -0.05) is 24.3 Å². The first-order chi connectivity index (χ1) is 13.4. The third kappa shape index (κ3) is 3.75. The number of thiazole rings is 1. The molecular formula is C19H26N4O3S2. The number of carbonyl (C=O) groups is 1. The van der Waals surface area contributed by atoms with Crippen molar-refractivity contribution in [2.24, 2.45) is 0 Å². The third-order valence-corrected chi connectivity index (χ3v) is 7.99. The molecule has 3 heterocycles. The van der Waals surface area contributed by atoms with Crippen molar-refractivity contribution in [1.29, 1.82) is 0 Å². The standard InChI is InChI=1S/C19H26N4O3S2/c1-3-14-6-7-15-17(13-14)27-19(20-15)22-11-9-21(10-12-22)18(24)16-5-4-8-23(16)28(2,25)26/h6-7,13,16H,3-5,8-12H2,1-2H3/t16-/m0/s1. The maximum atomic E-state index is 12.9. The molecule has 0 aliphatic carbocycles. The molecule has 0 saturated carbocycles. The van der Waals surface area contributed by atoms with Crippen LogP contribution in [0.4, 0.5) is 5.13 Å². The Morgan fingerprint density at radius 1 is 1.21 bits per heavy atom. The summed E-state index contributed by atoms with van der Waals surface area (Å²) >= 11 is 1.70. The zero-order valence-corrected chi connectivity index (χ0v) is 17.9. The van der Waals surface area contributed by atoms with Gasteiger partial charge in [0.2, 0.25) is 15.9 Å². The van der Waals surface area contributed by atoms with Gasteiger partial charge in [0.05, 0.1) is 16.5 Å². The fourth-order valence-electron chi connectivity index (χ4n) is 4.02. The lowest BCUT2D eigenvalue weighted by molar-refractivity contribution is -0.134. The molecule has 0 spiro atoms. The topological polar surface area (TPSA) is 73.8 Å². The first kappa shape index (κ1) is 19.6. The Labute approximate surface area is 170 Å². The van der Waals surface area contributed by atoms with Gasteiger partial charge >= 0.3 is 0 Å². The van der Waals surface area contributed by atoms with E-state index in [0.29, 0.717) is 26.1 Å².